The van der Waals surface area contributed by atoms with Crippen molar-refractivity contribution >= 4 is 11.9 Å². The number of benzene rings is 3. The average Bonchev–Trinajstić information content (AvgIpc) is 4.10. The molecule has 8 atom stereocenters. The lowest BCUT2D eigenvalue weighted by molar-refractivity contribution is -0.275. The number of aromatic carboxylic acids is 2. The minimum absolute atomic E-state index is 0.00859. The van der Waals surface area contributed by atoms with Gasteiger partial charge in [-0.05, 0) is 140 Å². The van der Waals surface area contributed by atoms with Crippen molar-refractivity contribution in [1.82, 2.24) is 30.4 Å². The van der Waals surface area contributed by atoms with Crippen LogP contribution < -0.4 is 23.7 Å². The van der Waals surface area contributed by atoms with Crippen molar-refractivity contribution in [2.24, 2.45) is 23.7 Å². The van der Waals surface area contributed by atoms with Gasteiger partial charge in [0.1, 0.15) is 29.5 Å². The fourth-order valence-corrected chi connectivity index (χ4v) is 10.1. The van der Waals surface area contributed by atoms with Crippen LogP contribution in [-0.4, -0.2) is 84.6 Å². The number of carboxylic acid groups (broad SMARTS) is 2. The van der Waals surface area contributed by atoms with Crippen molar-refractivity contribution < 1.29 is 69.8 Å². The lowest BCUT2D eigenvalue weighted by Gasteiger charge is -2.18. The third-order valence-corrected chi connectivity index (χ3v) is 12.8. The van der Waals surface area contributed by atoms with Gasteiger partial charge in [0.2, 0.25) is 17.3 Å². The monoisotopic (exact) mass is 914 g/mol. The molecular formula is C44H44F6N6O9. The number of alkyl halides is 6. The van der Waals surface area contributed by atoms with Gasteiger partial charge in [0.15, 0.2) is 0 Å². The molecule has 0 spiro atoms. The number of H-pyrrole nitrogens is 1. The van der Waals surface area contributed by atoms with E-state index >= 15 is 0 Å². The van der Waals surface area contributed by atoms with Crippen molar-refractivity contribution in [3.8, 4) is 29.0 Å². The number of nitrogens with zero attached hydrogens (tertiary/aromatic N) is 5. The summed E-state index contributed by atoms with van der Waals surface area (Å²) < 4.78 is 101. The molecule has 4 aliphatic carbocycles. The number of carbonyl (C=O) groups is 2. The molecule has 9 rings (SSSR count). The van der Waals surface area contributed by atoms with Crippen LogP contribution in [0.5, 0.6) is 29.0 Å². The van der Waals surface area contributed by atoms with Gasteiger partial charge in [-0.3, -0.25) is 0 Å². The lowest BCUT2D eigenvalue weighted by atomic mass is 9.94. The highest BCUT2D eigenvalue weighted by Gasteiger charge is 2.45. The number of methoxy groups -OCH3 is 1. The molecule has 65 heavy (non-hydrogen) atoms. The molecule has 0 aliphatic heterocycles. The van der Waals surface area contributed by atoms with E-state index < -0.39 is 24.7 Å². The molecule has 0 radical (unpaired) electrons. The maximum absolute atomic E-state index is 12.4. The molecule has 3 aromatic carbocycles. The van der Waals surface area contributed by atoms with Crippen molar-refractivity contribution in [3.05, 3.63) is 101 Å². The highest BCUT2D eigenvalue weighted by atomic mass is 19.4. The van der Waals surface area contributed by atoms with E-state index in [4.69, 9.17) is 19.3 Å². The highest BCUT2D eigenvalue weighted by Crippen LogP contribution is 2.53. The molecule has 4 fully saturated rings. The largest absolute Gasteiger partial charge is 0.573 e. The molecule has 15 nitrogen and oxygen atoms in total. The Morgan fingerprint density at radius 3 is 1.54 bits per heavy atom. The molecule has 21 heteroatoms. The van der Waals surface area contributed by atoms with Crippen molar-refractivity contribution in [3.63, 3.8) is 0 Å². The third kappa shape index (κ3) is 11.1. The Kier molecular flexibility index (Phi) is 12.8. The number of aromatic nitrogens is 6. The number of carboxylic acids is 2. The van der Waals surface area contributed by atoms with Crippen LogP contribution in [0.15, 0.2) is 72.8 Å². The van der Waals surface area contributed by atoms with E-state index in [0.29, 0.717) is 36.0 Å². The van der Waals surface area contributed by atoms with Crippen molar-refractivity contribution in [2.75, 3.05) is 7.11 Å². The second-order valence-corrected chi connectivity index (χ2v) is 16.9. The molecule has 0 bridgehead atoms. The van der Waals surface area contributed by atoms with Gasteiger partial charge in [-0.1, -0.05) is 51.9 Å². The number of hydrogen-bond acceptors (Lipinski definition) is 11. The van der Waals surface area contributed by atoms with Crippen molar-refractivity contribution in [2.45, 2.75) is 94.7 Å². The SMILES string of the molecule is COc1ccc(Cn2nnc(C(=O)O)c2OC2C[C@@H]3CC(c4ccc(OC(F)(F)F)cc4)C[C@@H]3C2)cc1.O=C(O)c1[nH]nnc1OC1C[C@@H]2CC(c3ccc(OC(F)(F)F)cc3)C[C@@H]2C1. The van der Waals surface area contributed by atoms with E-state index in [1.807, 2.05) is 24.3 Å². The Hall–Kier alpha value is -6.54. The molecular weight excluding hydrogens is 871 g/mol. The summed E-state index contributed by atoms with van der Waals surface area (Å²) in [5.74, 6) is 0.240. The van der Waals surface area contributed by atoms with Gasteiger partial charge in [-0.2, -0.15) is 0 Å². The summed E-state index contributed by atoms with van der Waals surface area (Å²) in [4.78, 5) is 22.8. The summed E-state index contributed by atoms with van der Waals surface area (Å²) in [5.41, 5.74) is 2.52. The Balaban J connectivity index is 0.000000184. The number of hydrogen-bond donors (Lipinski definition) is 3. The van der Waals surface area contributed by atoms with Gasteiger partial charge in [0, 0.05) is 0 Å². The van der Waals surface area contributed by atoms with Gasteiger partial charge in [0.05, 0.1) is 13.7 Å². The molecule has 5 aromatic rings. The maximum atomic E-state index is 12.4. The highest BCUT2D eigenvalue weighted by molar-refractivity contribution is 5.88. The van der Waals surface area contributed by atoms with Crippen LogP contribution in [0.25, 0.3) is 0 Å². The zero-order valence-electron chi connectivity index (χ0n) is 34.7. The molecule has 346 valence electrons. The quantitative estimate of drug-likeness (QED) is 0.0949. The van der Waals surface area contributed by atoms with Crippen LogP contribution in [0.2, 0.25) is 0 Å². The minimum atomic E-state index is -4.71. The number of fused-ring (bicyclic) bond motifs is 2. The predicted octanol–water partition coefficient (Wildman–Crippen LogP) is 9.04. The Morgan fingerprint density at radius 1 is 0.646 bits per heavy atom. The number of nitrogens with one attached hydrogen (secondary N) is 1. The summed E-state index contributed by atoms with van der Waals surface area (Å²) >= 11 is 0. The first-order valence-corrected chi connectivity index (χ1v) is 21.0. The van der Waals surface area contributed by atoms with E-state index in [9.17, 15) is 41.0 Å². The standard InChI is InChI=1S/C26H26F3N3O5.C18H18F3N3O4/c1-35-20-6-2-15(3-7-20)14-32-24(23(25(33)34)30-31-32)36-22-12-18-10-17(11-19(18)13-22)16-4-8-21(9-5-16)37-26(27,28)29;19-18(20,21)28-13-3-1-9(2-4-13)10-5-11-7-14(8-12(11)6-10)27-16-15(17(25)26)22-24-23-16/h2-9,17-19,22H,10-14H2,1H3,(H,33,34);1-4,10-12,14H,5-8H2,(H,25,26)(H,22,23,24)/t17?,18-,19+,22?;10?,11-,12+,14?. The first kappa shape index (κ1) is 45.0. The summed E-state index contributed by atoms with van der Waals surface area (Å²) in [5, 5.41) is 36.0. The topological polar surface area (TPSA) is 193 Å². The van der Waals surface area contributed by atoms with Gasteiger partial charge in [-0.25, -0.2) is 19.4 Å². The van der Waals surface area contributed by atoms with E-state index in [2.05, 4.69) is 35.2 Å². The van der Waals surface area contributed by atoms with Crippen LogP contribution in [-0.2, 0) is 6.54 Å². The molecule has 4 saturated carbocycles. The molecule has 2 aromatic heterocycles. The normalized spacial score (nSPS) is 24.7. The first-order valence-electron chi connectivity index (χ1n) is 21.0. The minimum Gasteiger partial charge on any atom is -0.497 e. The van der Waals surface area contributed by atoms with Gasteiger partial charge in [-0.15, -0.1) is 31.4 Å². The number of aromatic amines is 1. The van der Waals surface area contributed by atoms with Crippen LogP contribution in [0.3, 0.4) is 0 Å². The molecule has 4 unspecified atom stereocenters. The lowest BCUT2D eigenvalue weighted by Crippen LogP contribution is -2.18. The predicted molar refractivity (Wildman–Crippen MR) is 214 cm³/mol. The Labute approximate surface area is 367 Å². The van der Waals surface area contributed by atoms with Gasteiger partial charge >= 0.3 is 24.7 Å². The molecule has 0 saturated heterocycles. The fourth-order valence-electron chi connectivity index (χ4n) is 10.1. The second kappa shape index (κ2) is 18.5. The zero-order chi connectivity index (χ0) is 46.0. The number of rotatable bonds is 13. The smallest absolute Gasteiger partial charge is 0.497 e. The van der Waals surface area contributed by atoms with E-state index in [-0.39, 0.29) is 58.7 Å². The van der Waals surface area contributed by atoms with Crippen LogP contribution in [0.1, 0.15) is 101 Å². The Bertz CT molecular complexity index is 2400. The first-order chi connectivity index (χ1) is 31.0. The van der Waals surface area contributed by atoms with E-state index in [1.165, 1.54) is 28.9 Å². The van der Waals surface area contributed by atoms with Crippen LogP contribution in [0.4, 0.5) is 26.3 Å². The number of ether oxygens (including phenoxy) is 5. The van der Waals surface area contributed by atoms with E-state index in [0.717, 1.165) is 68.1 Å². The molecule has 0 amide bonds. The van der Waals surface area contributed by atoms with Crippen LogP contribution in [0, 0.1) is 23.7 Å². The Morgan fingerprint density at radius 2 is 1.11 bits per heavy atom. The average molecular weight is 915 g/mol. The molecule has 4 aliphatic rings. The summed E-state index contributed by atoms with van der Waals surface area (Å²) in [7, 11) is 1.58. The van der Waals surface area contributed by atoms with Gasteiger partial charge < -0.3 is 33.9 Å². The fraction of sp³-hybridized carbons (Fsp3) is 0.455. The van der Waals surface area contributed by atoms with E-state index in [1.54, 1.807) is 31.4 Å². The molecule has 3 N–H and O–H groups in total. The van der Waals surface area contributed by atoms with Crippen molar-refractivity contribution in [1.29, 1.82) is 0 Å². The summed E-state index contributed by atoms with van der Waals surface area (Å²) in [6.07, 6.45) is -2.89. The summed E-state index contributed by atoms with van der Waals surface area (Å²) in [6, 6.07) is 19.5. The maximum Gasteiger partial charge on any atom is 0.573 e. The molecule has 2 heterocycles. The summed E-state index contributed by atoms with van der Waals surface area (Å²) in [6.45, 7) is 0.301. The zero-order valence-corrected chi connectivity index (χ0v) is 34.7. The van der Waals surface area contributed by atoms with Crippen LogP contribution >= 0.6 is 0 Å². The third-order valence-electron chi connectivity index (χ3n) is 12.8. The second-order valence-electron chi connectivity index (χ2n) is 16.9. The number of halogens is 6. The van der Waals surface area contributed by atoms with Gasteiger partial charge in [0.25, 0.3) is 5.88 Å².